The summed E-state index contributed by atoms with van der Waals surface area (Å²) in [7, 11) is 2.13. The number of likely N-dealkylation sites (N-methyl/N-ethyl adjacent to an activating group) is 1. The van der Waals surface area contributed by atoms with E-state index in [-0.39, 0.29) is 12.1 Å². The van der Waals surface area contributed by atoms with Crippen molar-refractivity contribution in [2.24, 2.45) is 0 Å². The fraction of sp³-hybridized carbons (Fsp3) is 1.00. The summed E-state index contributed by atoms with van der Waals surface area (Å²) >= 11 is 0. The van der Waals surface area contributed by atoms with Gasteiger partial charge in [0.2, 0.25) is 0 Å². The third-order valence-corrected chi connectivity index (χ3v) is 3.71. The normalized spacial score (nSPS) is 35.6. The van der Waals surface area contributed by atoms with Gasteiger partial charge in [0.1, 0.15) is 0 Å². The molecule has 14 heavy (non-hydrogen) atoms. The molecule has 0 aromatic heterocycles. The van der Waals surface area contributed by atoms with Crippen molar-refractivity contribution >= 4 is 0 Å². The van der Waals surface area contributed by atoms with Crippen LogP contribution in [0.3, 0.4) is 0 Å². The van der Waals surface area contributed by atoms with Gasteiger partial charge in [-0.15, -0.1) is 0 Å². The van der Waals surface area contributed by atoms with E-state index in [1.165, 1.54) is 25.7 Å². The van der Waals surface area contributed by atoms with Gasteiger partial charge in [0, 0.05) is 12.6 Å². The molecule has 2 rings (SSSR count). The van der Waals surface area contributed by atoms with E-state index in [9.17, 15) is 5.11 Å². The molecule has 1 aliphatic carbocycles. The Bertz CT molecular complexity index is 192. The van der Waals surface area contributed by atoms with Gasteiger partial charge < -0.3 is 15.3 Å². The van der Waals surface area contributed by atoms with Crippen molar-refractivity contribution in [3.05, 3.63) is 0 Å². The molecule has 82 valence electrons. The number of aliphatic hydroxyl groups is 1. The van der Waals surface area contributed by atoms with Gasteiger partial charge in [0.05, 0.1) is 12.1 Å². The molecule has 2 aliphatic rings. The van der Waals surface area contributed by atoms with Crippen molar-refractivity contribution < 1.29 is 5.11 Å². The zero-order chi connectivity index (χ0) is 10.0. The maximum atomic E-state index is 9.51. The van der Waals surface area contributed by atoms with Crippen molar-refractivity contribution in [3.63, 3.8) is 0 Å². The molecule has 1 saturated heterocycles. The zero-order valence-electron chi connectivity index (χ0n) is 9.13. The summed E-state index contributed by atoms with van der Waals surface area (Å²) < 4.78 is 0. The second kappa shape index (κ2) is 4.17. The lowest BCUT2D eigenvalue weighted by atomic mass is 9.98. The van der Waals surface area contributed by atoms with E-state index in [4.69, 9.17) is 0 Å². The first-order valence-corrected chi connectivity index (χ1v) is 5.81. The Morgan fingerprint density at radius 2 is 2.14 bits per heavy atom. The number of rotatable bonds is 3. The van der Waals surface area contributed by atoms with Gasteiger partial charge in [-0.25, -0.2) is 0 Å². The van der Waals surface area contributed by atoms with E-state index in [1.54, 1.807) is 0 Å². The molecular weight excluding hydrogens is 176 g/mol. The number of nitrogens with zero attached hydrogens (tertiary/aromatic N) is 1. The van der Waals surface area contributed by atoms with Gasteiger partial charge in [-0.05, 0) is 32.9 Å². The van der Waals surface area contributed by atoms with E-state index in [0.29, 0.717) is 6.04 Å². The molecule has 1 saturated carbocycles. The molecule has 0 bridgehead atoms. The lowest BCUT2D eigenvalue weighted by molar-refractivity contribution is 0.152. The van der Waals surface area contributed by atoms with Crippen LogP contribution in [-0.4, -0.2) is 48.3 Å². The van der Waals surface area contributed by atoms with Crippen molar-refractivity contribution in [1.29, 1.82) is 0 Å². The number of hydrogen-bond acceptors (Lipinski definition) is 3. The molecule has 1 unspecified atom stereocenters. The van der Waals surface area contributed by atoms with Crippen molar-refractivity contribution in [2.45, 2.75) is 43.7 Å². The average Bonchev–Trinajstić information content (AvgIpc) is 2.77. The average molecular weight is 198 g/mol. The maximum absolute atomic E-state index is 9.51. The molecule has 2 N–H and O–H groups in total. The molecule has 2 fully saturated rings. The predicted octanol–water partition coefficient (Wildman–Crippen LogP) is 0.585. The van der Waals surface area contributed by atoms with Crippen LogP contribution in [0.2, 0.25) is 0 Å². The third-order valence-electron chi connectivity index (χ3n) is 3.71. The highest BCUT2D eigenvalue weighted by atomic mass is 16.3. The van der Waals surface area contributed by atoms with Crippen LogP contribution in [0.25, 0.3) is 0 Å². The van der Waals surface area contributed by atoms with E-state index < -0.39 is 0 Å². The molecular formula is C11H22N2O. The lowest BCUT2D eigenvalue weighted by Gasteiger charge is -2.31. The Kier molecular flexibility index (Phi) is 3.10. The van der Waals surface area contributed by atoms with E-state index in [2.05, 4.69) is 17.3 Å². The number of likely N-dealkylation sites (tertiary alicyclic amines) is 1. The minimum absolute atomic E-state index is 0.00373. The van der Waals surface area contributed by atoms with E-state index in [0.717, 1.165) is 19.5 Å². The van der Waals surface area contributed by atoms with Crippen LogP contribution in [0.1, 0.15) is 32.1 Å². The topological polar surface area (TPSA) is 35.5 Å². The predicted molar refractivity (Wildman–Crippen MR) is 57.3 cm³/mol. The first kappa shape index (κ1) is 10.4. The first-order valence-electron chi connectivity index (χ1n) is 5.81. The van der Waals surface area contributed by atoms with Gasteiger partial charge in [-0.3, -0.25) is 0 Å². The largest absolute Gasteiger partial charge is 0.394 e. The summed E-state index contributed by atoms with van der Waals surface area (Å²) in [5.74, 6) is 0. The van der Waals surface area contributed by atoms with Crippen LogP contribution in [0.15, 0.2) is 0 Å². The number of aliphatic hydroxyl groups excluding tert-OH is 1. The van der Waals surface area contributed by atoms with Gasteiger partial charge in [0.25, 0.3) is 0 Å². The third kappa shape index (κ3) is 2.10. The van der Waals surface area contributed by atoms with Crippen molar-refractivity contribution in [3.8, 4) is 0 Å². The van der Waals surface area contributed by atoms with Gasteiger partial charge in [-0.2, -0.15) is 0 Å². The van der Waals surface area contributed by atoms with Gasteiger partial charge in [-0.1, -0.05) is 12.8 Å². The molecule has 0 aromatic rings. The Morgan fingerprint density at radius 1 is 1.43 bits per heavy atom. The minimum atomic E-state index is 0.00373. The Hall–Kier alpha value is -0.120. The van der Waals surface area contributed by atoms with Crippen LogP contribution < -0.4 is 5.32 Å². The summed E-state index contributed by atoms with van der Waals surface area (Å²) in [6.07, 6.45) is 6.40. The Morgan fingerprint density at radius 3 is 2.64 bits per heavy atom. The van der Waals surface area contributed by atoms with Crippen LogP contribution in [0, 0.1) is 0 Å². The summed E-state index contributed by atoms with van der Waals surface area (Å²) in [6, 6.07) is 0.661. The molecule has 0 amide bonds. The van der Waals surface area contributed by atoms with Crippen molar-refractivity contribution in [1.82, 2.24) is 10.2 Å². The fourth-order valence-corrected chi connectivity index (χ4v) is 2.88. The van der Waals surface area contributed by atoms with Crippen LogP contribution in [0.4, 0.5) is 0 Å². The van der Waals surface area contributed by atoms with Crippen LogP contribution in [0.5, 0.6) is 0 Å². The van der Waals surface area contributed by atoms with Crippen LogP contribution in [-0.2, 0) is 0 Å². The minimum Gasteiger partial charge on any atom is -0.394 e. The Labute approximate surface area is 86.5 Å². The molecule has 0 radical (unpaired) electrons. The van der Waals surface area contributed by atoms with Crippen molar-refractivity contribution in [2.75, 3.05) is 26.7 Å². The van der Waals surface area contributed by atoms with Gasteiger partial charge >= 0.3 is 0 Å². The highest BCUT2D eigenvalue weighted by Crippen LogP contribution is 2.25. The second-order valence-corrected chi connectivity index (χ2v) is 5.05. The monoisotopic (exact) mass is 198 g/mol. The molecule has 0 spiro atoms. The molecule has 3 nitrogen and oxygen atoms in total. The quantitative estimate of drug-likeness (QED) is 0.696. The second-order valence-electron chi connectivity index (χ2n) is 5.05. The molecule has 1 atom stereocenters. The fourth-order valence-electron chi connectivity index (χ4n) is 2.88. The highest BCUT2D eigenvalue weighted by Gasteiger charge is 2.37. The molecule has 1 heterocycles. The zero-order valence-corrected chi connectivity index (χ0v) is 9.13. The van der Waals surface area contributed by atoms with Gasteiger partial charge in [0.15, 0.2) is 0 Å². The SMILES string of the molecule is CN1CCC(CO)(NC2CCCC2)C1. The summed E-state index contributed by atoms with van der Waals surface area (Å²) in [4.78, 5) is 2.30. The molecule has 0 aromatic carbocycles. The standard InChI is InChI=1S/C11H22N2O/c1-13-7-6-11(8-13,9-14)12-10-4-2-3-5-10/h10,12,14H,2-9H2,1H3. The van der Waals surface area contributed by atoms with E-state index >= 15 is 0 Å². The summed E-state index contributed by atoms with van der Waals surface area (Å²) in [5, 5.41) is 13.2. The lowest BCUT2D eigenvalue weighted by Crippen LogP contribution is -2.53. The van der Waals surface area contributed by atoms with E-state index in [1.807, 2.05) is 0 Å². The summed E-state index contributed by atoms with van der Waals surface area (Å²) in [5.41, 5.74) is 0.00373. The Balaban J connectivity index is 1.91. The number of nitrogens with one attached hydrogen (secondary N) is 1. The summed E-state index contributed by atoms with van der Waals surface area (Å²) in [6.45, 7) is 2.40. The maximum Gasteiger partial charge on any atom is 0.0626 e. The first-order chi connectivity index (χ1) is 6.74. The molecule has 3 heteroatoms. The smallest absolute Gasteiger partial charge is 0.0626 e. The highest BCUT2D eigenvalue weighted by molar-refractivity contribution is 4.98. The molecule has 1 aliphatic heterocycles. The van der Waals surface area contributed by atoms with Crippen LogP contribution >= 0.6 is 0 Å². The number of hydrogen-bond donors (Lipinski definition) is 2.